The van der Waals surface area contributed by atoms with E-state index in [0.717, 1.165) is 30.6 Å². The molecule has 3 heterocycles. The van der Waals surface area contributed by atoms with Gasteiger partial charge in [-0.15, -0.1) is 11.8 Å². The molecular weight excluding hydrogens is 400 g/mol. The van der Waals surface area contributed by atoms with E-state index in [-0.39, 0.29) is 24.3 Å². The first kappa shape index (κ1) is 20.4. The molecular formula is C22H24N4O3S. The number of amides is 3. The second kappa shape index (κ2) is 9.30. The Bertz CT molecular complexity index is 929. The summed E-state index contributed by atoms with van der Waals surface area (Å²) in [5, 5.41) is 1.85. The number of fused-ring (bicyclic) bond motifs is 1. The molecule has 7 nitrogen and oxygen atoms in total. The van der Waals surface area contributed by atoms with E-state index in [2.05, 4.69) is 10.3 Å². The summed E-state index contributed by atoms with van der Waals surface area (Å²) < 4.78 is 0. The Hall–Kier alpha value is -2.87. The molecule has 1 fully saturated rings. The summed E-state index contributed by atoms with van der Waals surface area (Å²) in [5.74, 6) is -0.433. The van der Waals surface area contributed by atoms with Gasteiger partial charge in [-0.25, -0.2) is 4.98 Å². The maximum atomic E-state index is 13.3. The van der Waals surface area contributed by atoms with Crippen molar-refractivity contribution in [3.63, 3.8) is 0 Å². The van der Waals surface area contributed by atoms with E-state index in [0.29, 0.717) is 24.6 Å². The molecule has 0 unspecified atom stereocenters. The first-order valence-electron chi connectivity index (χ1n) is 10.2. The van der Waals surface area contributed by atoms with E-state index in [4.69, 9.17) is 0 Å². The average Bonchev–Trinajstić information content (AvgIpc) is 3.05. The number of hydrogen-bond acceptors (Lipinski definition) is 5. The monoisotopic (exact) mass is 424 g/mol. The molecule has 156 valence electrons. The van der Waals surface area contributed by atoms with Crippen molar-refractivity contribution >= 4 is 41.0 Å². The number of nitrogens with one attached hydrogen (secondary N) is 1. The van der Waals surface area contributed by atoms with Crippen LogP contribution in [0.4, 0.5) is 11.5 Å². The highest BCUT2D eigenvalue weighted by molar-refractivity contribution is 8.01. The Morgan fingerprint density at radius 2 is 1.77 bits per heavy atom. The van der Waals surface area contributed by atoms with Crippen LogP contribution in [0, 0.1) is 0 Å². The molecule has 0 saturated carbocycles. The third kappa shape index (κ3) is 4.48. The van der Waals surface area contributed by atoms with Crippen LogP contribution in [0.5, 0.6) is 0 Å². The molecule has 2 aliphatic rings. The lowest BCUT2D eigenvalue weighted by Crippen LogP contribution is -2.51. The molecule has 4 rings (SSSR count). The minimum atomic E-state index is -0.861. The summed E-state index contributed by atoms with van der Waals surface area (Å²) in [5.41, 5.74) is 0.656. The van der Waals surface area contributed by atoms with E-state index < -0.39 is 5.25 Å². The summed E-state index contributed by atoms with van der Waals surface area (Å²) >= 11 is 1.28. The zero-order chi connectivity index (χ0) is 20.9. The molecule has 0 spiro atoms. The molecule has 0 radical (unpaired) electrons. The van der Waals surface area contributed by atoms with Gasteiger partial charge in [0.25, 0.3) is 5.91 Å². The lowest BCUT2D eigenvalue weighted by Gasteiger charge is -2.34. The molecule has 0 aliphatic carbocycles. The highest BCUT2D eigenvalue weighted by Crippen LogP contribution is 2.39. The van der Waals surface area contributed by atoms with E-state index in [1.165, 1.54) is 16.7 Å². The van der Waals surface area contributed by atoms with E-state index in [1.54, 1.807) is 30.5 Å². The maximum Gasteiger partial charge on any atom is 0.250 e. The second-order valence-corrected chi connectivity index (χ2v) is 8.54. The Labute approximate surface area is 179 Å². The van der Waals surface area contributed by atoms with Gasteiger partial charge in [0.05, 0.1) is 5.69 Å². The first-order valence-corrected chi connectivity index (χ1v) is 11.1. The Morgan fingerprint density at radius 3 is 2.50 bits per heavy atom. The molecule has 1 atom stereocenters. The van der Waals surface area contributed by atoms with Crippen LogP contribution in [0.3, 0.4) is 0 Å². The molecule has 30 heavy (non-hydrogen) atoms. The van der Waals surface area contributed by atoms with Crippen molar-refractivity contribution in [3.05, 3.63) is 48.7 Å². The van der Waals surface area contributed by atoms with Crippen molar-refractivity contribution < 1.29 is 14.4 Å². The number of hydrogen-bond donors (Lipinski definition) is 1. The Morgan fingerprint density at radius 1 is 1.03 bits per heavy atom. The molecule has 0 bridgehead atoms. The lowest BCUT2D eigenvalue weighted by atomic mass is 10.2. The zero-order valence-electron chi connectivity index (χ0n) is 16.6. The fourth-order valence-electron chi connectivity index (χ4n) is 3.76. The molecule has 1 N–H and O–H groups in total. The van der Waals surface area contributed by atoms with Gasteiger partial charge in [0.2, 0.25) is 11.8 Å². The Balaban J connectivity index is 1.55. The minimum absolute atomic E-state index is 0.156. The summed E-state index contributed by atoms with van der Waals surface area (Å²) in [6.07, 6.45) is 5.73. The maximum absolute atomic E-state index is 13.3. The fourth-order valence-corrected chi connectivity index (χ4v) is 4.94. The van der Waals surface area contributed by atoms with Gasteiger partial charge in [0, 0.05) is 24.2 Å². The van der Waals surface area contributed by atoms with Crippen LogP contribution in [0.1, 0.15) is 25.7 Å². The number of rotatable bonds is 4. The molecule has 1 aromatic heterocycles. The molecule has 3 amide bonds. The number of benzene rings is 1. The molecule has 1 saturated heterocycles. The van der Waals surface area contributed by atoms with Gasteiger partial charge in [-0.05, 0) is 37.1 Å². The van der Waals surface area contributed by atoms with Crippen LogP contribution < -0.4 is 10.2 Å². The number of thioether (sulfide) groups is 1. The number of nitrogens with zero attached hydrogens (tertiary/aromatic N) is 3. The number of pyridine rings is 1. The van der Waals surface area contributed by atoms with Crippen LogP contribution in [0.25, 0.3) is 0 Å². The van der Waals surface area contributed by atoms with Crippen molar-refractivity contribution in [3.8, 4) is 0 Å². The van der Waals surface area contributed by atoms with E-state index >= 15 is 0 Å². The van der Waals surface area contributed by atoms with Crippen molar-refractivity contribution in [2.75, 3.05) is 29.9 Å². The van der Waals surface area contributed by atoms with Crippen LogP contribution in [-0.2, 0) is 14.4 Å². The summed E-state index contributed by atoms with van der Waals surface area (Å²) in [6, 6.07) is 12.6. The lowest BCUT2D eigenvalue weighted by molar-refractivity contribution is -0.135. The normalized spacial score (nSPS) is 19.1. The molecule has 2 aromatic rings. The van der Waals surface area contributed by atoms with Gasteiger partial charge in [0.1, 0.15) is 12.4 Å². The van der Waals surface area contributed by atoms with Crippen LogP contribution in [0.2, 0.25) is 0 Å². The predicted molar refractivity (Wildman–Crippen MR) is 116 cm³/mol. The summed E-state index contributed by atoms with van der Waals surface area (Å²) in [6.45, 7) is 1.20. The standard InChI is InChI=1S/C22H24N4O3S/c27-19(24-18-11-5-6-12-23-18)15-26-16-9-3-4-10-17(16)30-20(22(26)29)21(28)25-13-7-1-2-8-14-25/h3-6,9-12,20H,1-2,7-8,13-15H2,(H,23,24,27)/t20-/m0/s1. The number of para-hydroxylation sites is 1. The minimum Gasteiger partial charge on any atom is -0.341 e. The largest absolute Gasteiger partial charge is 0.341 e. The number of anilines is 2. The average molecular weight is 425 g/mol. The SMILES string of the molecule is O=C(CN1C(=O)[C@H](C(=O)N2CCCCCC2)Sc2ccccc21)Nc1ccccn1. The number of aromatic nitrogens is 1. The van der Waals surface area contributed by atoms with Crippen molar-refractivity contribution in [1.82, 2.24) is 9.88 Å². The van der Waals surface area contributed by atoms with Gasteiger partial charge in [-0.1, -0.05) is 31.0 Å². The van der Waals surface area contributed by atoms with Gasteiger partial charge < -0.3 is 15.1 Å². The number of carbonyl (C=O) groups is 3. The highest BCUT2D eigenvalue weighted by Gasteiger charge is 2.40. The van der Waals surface area contributed by atoms with Gasteiger partial charge >= 0.3 is 0 Å². The van der Waals surface area contributed by atoms with Crippen molar-refractivity contribution in [2.24, 2.45) is 0 Å². The van der Waals surface area contributed by atoms with Crippen molar-refractivity contribution in [2.45, 2.75) is 35.8 Å². The third-order valence-corrected chi connectivity index (χ3v) is 6.51. The second-order valence-electron chi connectivity index (χ2n) is 7.39. The Kier molecular flexibility index (Phi) is 6.32. The zero-order valence-corrected chi connectivity index (χ0v) is 17.4. The number of carbonyl (C=O) groups excluding carboxylic acids is 3. The van der Waals surface area contributed by atoms with Gasteiger partial charge in [0.15, 0.2) is 5.25 Å². The smallest absolute Gasteiger partial charge is 0.250 e. The topological polar surface area (TPSA) is 82.6 Å². The van der Waals surface area contributed by atoms with Crippen LogP contribution in [0.15, 0.2) is 53.6 Å². The summed E-state index contributed by atoms with van der Waals surface area (Å²) in [4.78, 5) is 47.3. The first-order chi connectivity index (χ1) is 14.6. The highest BCUT2D eigenvalue weighted by atomic mass is 32.2. The quantitative estimate of drug-likeness (QED) is 0.763. The predicted octanol–water partition coefficient (Wildman–Crippen LogP) is 2.93. The van der Waals surface area contributed by atoms with Crippen molar-refractivity contribution in [1.29, 1.82) is 0 Å². The molecule has 2 aliphatic heterocycles. The van der Waals surface area contributed by atoms with E-state index in [1.807, 2.05) is 23.1 Å². The van der Waals surface area contributed by atoms with Gasteiger partial charge in [-0.2, -0.15) is 0 Å². The van der Waals surface area contributed by atoms with E-state index in [9.17, 15) is 14.4 Å². The molecule has 8 heteroatoms. The van der Waals surface area contributed by atoms with Crippen LogP contribution >= 0.6 is 11.8 Å². The number of likely N-dealkylation sites (tertiary alicyclic amines) is 1. The summed E-state index contributed by atoms with van der Waals surface area (Å²) in [7, 11) is 0. The molecule has 1 aromatic carbocycles. The van der Waals surface area contributed by atoms with Gasteiger partial charge in [-0.3, -0.25) is 14.4 Å². The third-order valence-electron chi connectivity index (χ3n) is 5.27. The van der Waals surface area contributed by atoms with Crippen LogP contribution in [-0.4, -0.2) is 52.5 Å². The fraction of sp³-hybridized carbons (Fsp3) is 0.364.